The second-order valence-corrected chi connectivity index (χ2v) is 6.37. The zero-order valence-corrected chi connectivity index (χ0v) is 12.9. The summed E-state index contributed by atoms with van der Waals surface area (Å²) in [6, 6.07) is 5.08. The number of hydrogen-bond acceptors (Lipinski definition) is 5. The van der Waals surface area contributed by atoms with Crippen molar-refractivity contribution in [3.8, 4) is 0 Å². The first-order valence-electron chi connectivity index (χ1n) is 6.69. The Kier molecular flexibility index (Phi) is 4.57. The van der Waals surface area contributed by atoms with E-state index in [1.54, 1.807) is 12.3 Å². The Morgan fingerprint density at radius 3 is 2.90 bits per heavy atom. The molecule has 7 heteroatoms. The van der Waals surface area contributed by atoms with Gasteiger partial charge in [0.25, 0.3) is 0 Å². The van der Waals surface area contributed by atoms with Gasteiger partial charge in [0, 0.05) is 24.2 Å². The van der Waals surface area contributed by atoms with Crippen LogP contribution in [0.25, 0.3) is 0 Å². The molecule has 2 aromatic rings. The first kappa shape index (κ1) is 14.6. The average molecular weight is 328 g/mol. The van der Waals surface area contributed by atoms with Crippen LogP contribution in [0, 0.1) is 5.82 Å². The normalized spacial score (nSPS) is 15.2. The van der Waals surface area contributed by atoms with Crippen molar-refractivity contribution in [2.75, 3.05) is 36.5 Å². The van der Waals surface area contributed by atoms with Gasteiger partial charge in [-0.2, -0.15) is 0 Å². The molecule has 21 heavy (non-hydrogen) atoms. The number of hydrogen-bond donors (Lipinski definition) is 1. The Morgan fingerprint density at radius 1 is 1.38 bits per heavy atom. The van der Waals surface area contributed by atoms with Gasteiger partial charge in [-0.15, -0.1) is 11.3 Å². The Labute approximate surface area is 131 Å². The third-order valence-corrected chi connectivity index (χ3v) is 4.41. The highest BCUT2D eigenvalue weighted by Gasteiger charge is 2.18. The summed E-state index contributed by atoms with van der Waals surface area (Å²) in [5, 5.41) is 3.27. The number of anilines is 2. The molecular formula is C14H15ClFN3OS. The van der Waals surface area contributed by atoms with Crippen molar-refractivity contribution in [3.05, 3.63) is 39.6 Å². The van der Waals surface area contributed by atoms with Crippen molar-refractivity contribution >= 4 is 34.3 Å². The summed E-state index contributed by atoms with van der Waals surface area (Å²) in [5.41, 5.74) is 1.39. The van der Waals surface area contributed by atoms with Crippen molar-refractivity contribution < 1.29 is 9.13 Å². The first-order chi connectivity index (χ1) is 10.2. The van der Waals surface area contributed by atoms with Gasteiger partial charge in [-0.1, -0.05) is 17.7 Å². The average Bonchev–Trinajstić information content (AvgIpc) is 2.92. The quantitative estimate of drug-likeness (QED) is 0.934. The molecule has 0 bridgehead atoms. The van der Waals surface area contributed by atoms with Gasteiger partial charge in [0.05, 0.1) is 31.1 Å². The molecule has 1 fully saturated rings. The van der Waals surface area contributed by atoms with E-state index in [4.69, 9.17) is 16.3 Å². The molecule has 0 unspecified atom stereocenters. The minimum Gasteiger partial charge on any atom is -0.378 e. The minimum atomic E-state index is -0.218. The SMILES string of the molecule is Fc1cccc(NCc2cnc(Cl)s2)c1N1CCOCC1. The molecule has 112 valence electrons. The van der Waals surface area contributed by atoms with E-state index in [0.717, 1.165) is 10.6 Å². The highest BCUT2D eigenvalue weighted by molar-refractivity contribution is 7.15. The van der Waals surface area contributed by atoms with E-state index >= 15 is 0 Å². The maximum atomic E-state index is 14.2. The lowest BCUT2D eigenvalue weighted by Gasteiger charge is -2.31. The number of rotatable bonds is 4. The van der Waals surface area contributed by atoms with Crippen LogP contribution in [-0.4, -0.2) is 31.3 Å². The predicted octanol–water partition coefficient (Wildman–Crippen LogP) is 3.38. The van der Waals surface area contributed by atoms with Crippen LogP contribution in [-0.2, 0) is 11.3 Å². The van der Waals surface area contributed by atoms with E-state index in [-0.39, 0.29) is 5.82 Å². The maximum Gasteiger partial charge on any atom is 0.183 e. The van der Waals surface area contributed by atoms with Gasteiger partial charge in [-0.25, -0.2) is 9.37 Å². The molecule has 1 aliphatic rings. The van der Waals surface area contributed by atoms with Crippen molar-refractivity contribution in [2.24, 2.45) is 0 Å². The number of nitrogens with one attached hydrogen (secondary N) is 1. The topological polar surface area (TPSA) is 37.4 Å². The standard InChI is InChI=1S/C14H15ClFN3OS/c15-14-18-9-10(21-14)8-17-12-3-1-2-11(16)13(12)19-4-6-20-7-5-19/h1-3,9,17H,4-8H2. The molecule has 2 heterocycles. The summed E-state index contributed by atoms with van der Waals surface area (Å²) < 4.78 is 20.1. The van der Waals surface area contributed by atoms with Crippen LogP contribution in [0.15, 0.2) is 24.4 Å². The Morgan fingerprint density at radius 2 is 2.19 bits per heavy atom. The lowest BCUT2D eigenvalue weighted by atomic mass is 10.2. The molecule has 1 saturated heterocycles. The van der Waals surface area contributed by atoms with Gasteiger partial charge in [-0.3, -0.25) is 0 Å². The zero-order chi connectivity index (χ0) is 14.7. The monoisotopic (exact) mass is 327 g/mol. The summed E-state index contributed by atoms with van der Waals surface area (Å²) in [7, 11) is 0. The number of morpholine rings is 1. The van der Waals surface area contributed by atoms with E-state index in [2.05, 4.69) is 10.3 Å². The summed E-state index contributed by atoms with van der Waals surface area (Å²) >= 11 is 7.23. The minimum absolute atomic E-state index is 0.218. The van der Waals surface area contributed by atoms with Gasteiger partial charge in [0.1, 0.15) is 5.82 Å². The lowest BCUT2D eigenvalue weighted by Crippen LogP contribution is -2.37. The van der Waals surface area contributed by atoms with Crippen LogP contribution in [0.1, 0.15) is 4.88 Å². The first-order valence-corrected chi connectivity index (χ1v) is 7.89. The summed E-state index contributed by atoms with van der Waals surface area (Å²) in [6.45, 7) is 3.21. The third-order valence-electron chi connectivity index (χ3n) is 3.29. The molecule has 0 saturated carbocycles. The molecule has 0 spiro atoms. The number of thiazole rings is 1. The fraction of sp³-hybridized carbons (Fsp3) is 0.357. The molecule has 0 amide bonds. The number of aromatic nitrogens is 1. The lowest BCUT2D eigenvalue weighted by molar-refractivity contribution is 0.122. The summed E-state index contributed by atoms with van der Waals surface area (Å²) in [6.07, 6.45) is 1.73. The number of nitrogens with zero attached hydrogens (tertiary/aromatic N) is 2. The van der Waals surface area contributed by atoms with Crippen molar-refractivity contribution in [1.29, 1.82) is 0 Å². The molecule has 4 nitrogen and oxygen atoms in total. The number of halogens is 2. The van der Waals surface area contributed by atoms with Crippen molar-refractivity contribution in [2.45, 2.75) is 6.54 Å². The molecule has 1 N–H and O–H groups in total. The molecule has 1 aromatic carbocycles. The maximum absolute atomic E-state index is 14.2. The van der Waals surface area contributed by atoms with Crippen LogP contribution in [0.2, 0.25) is 4.47 Å². The molecule has 0 atom stereocenters. The Balaban J connectivity index is 1.79. The van der Waals surface area contributed by atoms with E-state index in [0.29, 0.717) is 43.0 Å². The molecule has 0 radical (unpaired) electrons. The largest absolute Gasteiger partial charge is 0.378 e. The Hall–Kier alpha value is -1.37. The van der Waals surface area contributed by atoms with E-state index in [9.17, 15) is 4.39 Å². The second kappa shape index (κ2) is 6.60. The van der Waals surface area contributed by atoms with E-state index in [1.807, 2.05) is 11.0 Å². The highest BCUT2D eigenvalue weighted by Crippen LogP contribution is 2.30. The number of benzene rings is 1. The summed E-state index contributed by atoms with van der Waals surface area (Å²) in [5.74, 6) is -0.218. The van der Waals surface area contributed by atoms with Gasteiger partial charge in [-0.05, 0) is 12.1 Å². The van der Waals surface area contributed by atoms with Crippen LogP contribution < -0.4 is 10.2 Å². The van der Waals surface area contributed by atoms with Crippen molar-refractivity contribution in [1.82, 2.24) is 4.98 Å². The highest BCUT2D eigenvalue weighted by atomic mass is 35.5. The molecule has 3 rings (SSSR count). The second-order valence-electron chi connectivity index (χ2n) is 4.67. The third kappa shape index (κ3) is 3.45. The van der Waals surface area contributed by atoms with Gasteiger partial charge in [0.15, 0.2) is 4.47 Å². The fourth-order valence-electron chi connectivity index (χ4n) is 2.31. The van der Waals surface area contributed by atoms with Crippen LogP contribution in [0.3, 0.4) is 0 Å². The zero-order valence-electron chi connectivity index (χ0n) is 11.3. The fourth-order valence-corrected chi connectivity index (χ4v) is 3.23. The number of ether oxygens (including phenoxy) is 1. The Bertz CT molecular complexity index is 616. The van der Waals surface area contributed by atoms with E-state index < -0.39 is 0 Å². The van der Waals surface area contributed by atoms with Crippen LogP contribution in [0.4, 0.5) is 15.8 Å². The van der Waals surface area contributed by atoms with Crippen LogP contribution >= 0.6 is 22.9 Å². The predicted molar refractivity (Wildman–Crippen MR) is 83.9 cm³/mol. The van der Waals surface area contributed by atoms with Gasteiger partial charge < -0.3 is 15.0 Å². The molecule has 0 aliphatic carbocycles. The molecular weight excluding hydrogens is 313 g/mol. The summed E-state index contributed by atoms with van der Waals surface area (Å²) in [4.78, 5) is 7.03. The smallest absolute Gasteiger partial charge is 0.183 e. The van der Waals surface area contributed by atoms with E-state index in [1.165, 1.54) is 17.4 Å². The van der Waals surface area contributed by atoms with Crippen molar-refractivity contribution in [3.63, 3.8) is 0 Å². The van der Waals surface area contributed by atoms with Gasteiger partial charge >= 0.3 is 0 Å². The number of para-hydroxylation sites is 1. The van der Waals surface area contributed by atoms with Gasteiger partial charge in [0.2, 0.25) is 0 Å². The molecule has 1 aliphatic heterocycles. The molecule has 1 aromatic heterocycles. The van der Waals surface area contributed by atoms with Crippen LogP contribution in [0.5, 0.6) is 0 Å².